The van der Waals surface area contributed by atoms with Crippen LogP contribution in [0, 0.1) is 5.41 Å². The number of carboxylic acids is 1. The second kappa shape index (κ2) is 9.34. The molecule has 2 aromatic carbocycles. The fourth-order valence-electron chi connectivity index (χ4n) is 5.99. The Balaban J connectivity index is 1.24. The normalized spacial score (nSPS) is 22.1. The molecule has 8 heteroatoms. The van der Waals surface area contributed by atoms with Gasteiger partial charge in [0.15, 0.2) is 0 Å². The number of rotatable bonds is 6. The van der Waals surface area contributed by atoms with E-state index in [0.717, 1.165) is 48.2 Å². The largest absolute Gasteiger partial charge is 0.481 e. The highest BCUT2D eigenvalue weighted by atomic mass is 16.5. The van der Waals surface area contributed by atoms with E-state index >= 15 is 0 Å². The van der Waals surface area contributed by atoms with E-state index in [1.165, 1.54) is 0 Å². The quantitative estimate of drug-likeness (QED) is 0.664. The zero-order valence-corrected chi connectivity index (χ0v) is 19.9. The van der Waals surface area contributed by atoms with Gasteiger partial charge in [0.2, 0.25) is 5.91 Å². The van der Waals surface area contributed by atoms with Crippen molar-refractivity contribution >= 4 is 18.0 Å². The first kappa shape index (κ1) is 23.4. The van der Waals surface area contributed by atoms with Gasteiger partial charge in [0.1, 0.15) is 12.6 Å². The van der Waals surface area contributed by atoms with E-state index in [4.69, 9.17) is 4.74 Å². The van der Waals surface area contributed by atoms with Crippen LogP contribution in [0.4, 0.5) is 4.79 Å². The predicted octanol–water partition coefficient (Wildman–Crippen LogP) is 2.92. The predicted molar refractivity (Wildman–Crippen MR) is 130 cm³/mol. The summed E-state index contributed by atoms with van der Waals surface area (Å²) in [6.07, 6.45) is 0.665. The molecule has 0 radical (unpaired) electrons. The van der Waals surface area contributed by atoms with Crippen molar-refractivity contribution in [2.45, 2.75) is 31.2 Å². The zero-order valence-electron chi connectivity index (χ0n) is 19.9. The number of nitrogens with one attached hydrogen (secondary N) is 1. The summed E-state index contributed by atoms with van der Waals surface area (Å²) in [6, 6.07) is 14.9. The highest BCUT2D eigenvalue weighted by molar-refractivity contribution is 5.89. The summed E-state index contributed by atoms with van der Waals surface area (Å²) in [7, 11) is 2.07. The SMILES string of the molecule is CN1CCC2(CCN(C(=O)C(CC(=O)O)NC(=O)OCC3c4ccccc4-c4ccccc43)C2)C1. The van der Waals surface area contributed by atoms with Crippen LogP contribution in [0.15, 0.2) is 48.5 Å². The molecule has 35 heavy (non-hydrogen) atoms. The molecule has 1 aliphatic carbocycles. The van der Waals surface area contributed by atoms with Crippen LogP contribution in [0.25, 0.3) is 11.1 Å². The van der Waals surface area contributed by atoms with Crippen molar-refractivity contribution in [3.05, 3.63) is 59.7 Å². The van der Waals surface area contributed by atoms with Crippen LogP contribution in [-0.2, 0) is 14.3 Å². The maximum Gasteiger partial charge on any atom is 0.407 e. The van der Waals surface area contributed by atoms with E-state index in [2.05, 4.69) is 29.4 Å². The number of benzene rings is 2. The summed E-state index contributed by atoms with van der Waals surface area (Å²) in [5.74, 6) is -1.61. The topological polar surface area (TPSA) is 99.2 Å². The number of fused-ring (bicyclic) bond motifs is 3. The molecule has 2 saturated heterocycles. The second-order valence-electron chi connectivity index (χ2n) is 10.1. The van der Waals surface area contributed by atoms with Gasteiger partial charge in [-0.05, 0) is 48.7 Å². The van der Waals surface area contributed by atoms with E-state index in [1.807, 2.05) is 36.4 Å². The van der Waals surface area contributed by atoms with Gasteiger partial charge in [-0.3, -0.25) is 9.59 Å². The monoisotopic (exact) mass is 477 g/mol. The van der Waals surface area contributed by atoms with Gasteiger partial charge in [0, 0.05) is 31.0 Å². The number of carboxylic acid groups (broad SMARTS) is 1. The van der Waals surface area contributed by atoms with E-state index in [1.54, 1.807) is 4.90 Å². The van der Waals surface area contributed by atoms with E-state index in [0.29, 0.717) is 13.1 Å². The first-order valence-corrected chi connectivity index (χ1v) is 12.2. The highest BCUT2D eigenvalue weighted by Gasteiger charge is 2.45. The Bertz CT molecular complexity index is 1110. The minimum Gasteiger partial charge on any atom is -0.481 e. The molecule has 3 aliphatic rings. The second-order valence-corrected chi connectivity index (χ2v) is 10.1. The first-order chi connectivity index (χ1) is 16.8. The van der Waals surface area contributed by atoms with Crippen LogP contribution >= 0.6 is 0 Å². The maximum absolute atomic E-state index is 13.2. The zero-order chi connectivity index (χ0) is 24.6. The summed E-state index contributed by atoms with van der Waals surface area (Å²) >= 11 is 0. The fraction of sp³-hybridized carbons (Fsp3) is 0.444. The molecular weight excluding hydrogens is 446 g/mol. The number of carbonyl (C=O) groups excluding carboxylic acids is 2. The van der Waals surface area contributed by atoms with E-state index < -0.39 is 24.5 Å². The summed E-state index contributed by atoms with van der Waals surface area (Å²) in [5, 5.41) is 11.9. The maximum atomic E-state index is 13.2. The van der Waals surface area contributed by atoms with Gasteiger partial charge in [-0.1, -0.05) is 48.5 Å². The molecule has 8 nitrogen and oxygen atoms in total. The number of nitrogens with zero attached hydrogens (tertiary/aromatic N) is 2. The van der Waals surface area contributed by atoms with Gasteiger partial charge in [0.05, 0.1) is 6.42 Å². The summed E-state index contributed by atoms with van der Waals surface area (Å²) in [4.78, 5) is 41.4. The standard InChI is InChI=1S/C27H31N3O5/c1-29-12-10-27(16-29)11-13-30(17-27)25(33)23(14-24(31)32)28-26(34)35-15-22-20-8-4-2-6-18(20)19-7-3-5-9-21(19)22/h2-9,22-23H,10-17H2,1H3,(H,28,34)(H,31,32). The minimum absolute atomic E-state index is 0.0714. The molecular formula is C27H31N3O5. The molecule has 2 amide bonds. The Kier molecular flexibility index (Phi) is 6.23. The Morgan fingerprint density at radius 3 is 2.26 bits per heavy atom. The molecule has 0 saturated carbocycles. The van der Waals surface area contributed by atoms with Crippen LogP contribution in [-0.4, -0.2) is 78.8 Å². The Morgan fingerprint density at radius 2 is 1.66 bits per heavy atom. The Labute approximate surface area is 204 Å². The van der Waals surface area contributed by atoms with Crippen molar-refractivity contribution in [2.24, 2.45) is 5.41 Å². The summed E-state index contributed by atoms with van der Waals surface area (Å²) in [5.41, 5.74) is 4.49. The van der Waals surface area contributed by atoms with Crippen molar-refractivity contribution in [2.75, 3.05) is 39.8 Å². The van der Waals surface area contributed by atoms with Gasteiger partial charge >= 0.3 is 12.1 Å². The van der Waals surface area contributed by atoms with E-state index in [9.17, 15) is 19.5 Å². The molecule has 184 valence electrons. The van der Waals surface area contributed by atoms with Gasteiger partial charge in [-0.2, -0.15) is 0 Å². The Morgan fingerprint density at radius 1 is 1.03 bits per heavy atom. The smallest absolute Gasteiger partial charge is 0.407 e. The van der Waals surface area contributed by atoms with Crippen molar-refractivity contribution in [3.63, 3.8) is 0 Å². The van der Waals surface area contributed by atoms with Crippen molar-refractivity contribution < 1.29 is 24.2 Å². The van der Waals surface area contributed by atoms with Crippen LogP contribution in [0.1, 0.15) is 36.3 Å². The molecule has 2 aliphatic heterocycles. The molecule has 0 aromatic heterocycles. The molecule has 2 unspecified atom stereocenters. The summed E-state index contributed by atoms with van der Waals surface area (Å²) < 4.78 is 5.55. The van der Waals surface area contributed by atoms with Crippen molar-refractivity contribution in [1.29, 1.82) is 0 Å². The van der Waals surface area contributed by atoms with E-state index in [-0.39, 0.29) is 23.8 Å². The number of hydrogen-bond donors (Lipinski definition) is 2. The van der Waals surface area contributed by atoms with Gasteiger partial charge in [-0.15, -0.1) is 0 Å². The number of hydrogen-bond acceptors (Lipinski definition) is 5. The molecule has 2 heterocycles. The lowest BCUT2D eigenvalue weighted by Gasteiger charge is -2.26. The highest BCUT2D eigenvalue weighted by Crippen LogP contribution is 2.44. The third kappa shape index (κ3) is 4.62. The lowest BCUT2D eigenvalue weighted by Crippen LogP contribution is -2.49. The fourth-order valence-corrected chi connectivity index (χ4v) is 5.99. The lowest BCUT2D eigenvalue weighted by molar-refractivity contribution is -0.142. The molecule has 1 spiro atoms. The van der Waals surface area contributed by atoms with Crippen LogP contribution < -0.4 is 5.32 Å². The van der Waals surface area contributed by atoms with Gasteiger partial charge < -0.3 is 25.0 Å². The molecule has 5 rings (SSSR count). The first-order valence-electron chi connectivity index (χ1n) is 12.2. The number of carbonyl (C=O) groups is 3. The average molecular weight is 478 g/mol. The molecule has 2 aromatic rings. The van der Waals surface area contributed by atoms with Crippen molar-refractivity contribution in [1.82, 2.24) is 15.1 Å². The summed E-state index contributed by atoms with van der Waals surface area (Å²) in [6.45, 7) is 3.21. The average Bonchev–Trinajstić information content (AvgIpc) is 3.52. The third-order valence-corrected chi connectivity index (χ3v) is 7.69. The molecule has 0 bridgehead atoms. The third-order valence-electron chi connectivity index (χ3n) is 7.69. The van der Waals surface area contributed by atoms with Crippen LogP contribution in [0.3, 0.4) is 0 Å². The van der Waals surface area contributed by atoms with Crippen molar-refractivity contribution in [3.8, 4) is 11.1 Å². The van der Waals surface area contributed by atoms with Gasteiger partial charge in [0.25, 0.3) is 0 Å². The number of likely N-dealkylation sites (tertiary alicyclic amines) is 2. The molecule has 2 N–H and O–H groups in total. The van der Waals surface area contributed by atoms with Crippen LogP contribution in [0.2, 0.25) is 0 Å². The molecule has 2 atom stereocenters. The number of ether oxygens (including phenoxy) is 1. The van der Waals surface area contributed by atoms with Crippen LogP contribution in [0.5, 0.6) is 0 Å². The molecule has 2 fully saturated rings. The lowest BCUT2D eigenvalue weighted by atomic mass is 9.86. The number of amides is 2. The number of alkyl carbamates (subject to hydrolysis) is 1. The van der Waals surface area contributed by atoms with Gasteiger partial charge in [-0.25, -0.2) is 4.79 Å². The minimum atomic E-state index is -1.16. The Hall–Kier alpha value is -3.39. The number of aliphatic carboxylic acids is 1.